The first kappa shape index (κ1) is 30.7. The molecule has 10 heteroatoms. The smallest absolute Gasteiger partial charge is 0.273 e. The van der Waals surface area contributed by atoms with Crippen LogP contribution in [0.5, 0.6) is 0 Å². The maximum atomic E-state index is 16.1. The van der Waals surface area contributed by atoms with Crippen LogP contribution in [0.3, 0.4) is 0 Å². The van der Waals surface area contributed by atoms with E-state index in [0.717, 1.165) is 19.3 Å². The number of alkyl halides is 2. The Kier molecular flexibility index (Phi) is 10.8. The molecule has 0 amide bonds. The second-order valence-electron chi connectivity index (χ2n) is 9.56. The van der Waals surface area contributed by atoms with Crippen LogP contribution in [0.1, 0.15) is 106 Å². The third-order valence-electron chi connectivity index (χ3n) is 8.44. The predicted molar refractivity (Wildman–Crippen MR) is 130 cm³/mol. The normalized spacial score (nSPS) is 19.4. The zero-order chi connectivity index (χ0) is 25.7. The maximum absolute atomic E-state index is 16.1. The van der Waals surface area contributed by atoms with Crippen molar-refractivity contribution in [3.05, 3.63) is 0 Å². The highest BCUT2D eigenvalue weighted by atomic mass is 32.2. The molecule has 1 aliphatic heterocycles. The molecule has 0 saturated carbocycles. The summed E-state index contributed by atoms with van der Waals surface area (Å²) in [7, 11) is -8.74. The van der Waals surface area contributed by atoms with Crippen LogP contribution in [0.15, 0.2) is 0 Å². The Labute approximate surface area is 200 Å². The van der Waals surface area contributed by atoms with E-state index in [2.05, 4.69) is 0 Å². The van der Waals surface area contributed by atoms with Gasteiger partial charge >= 0.3 is 0 Å². The first-order valence-corrected chi connectivity index (χ1v) is 15.5. The molecule has 1 N–H and O–H groups in total. The number of halogens is 2. The van der Waals surface area contributed by atoms with E-state index in [0.29, 0.717) is 25.9 Å². The molecule has 0 spiro atoms. The van der Waals surface area contributed by atoms with Gasteiger partial charge in [-0.05, 0) is 57.3 Å². The van der Waals surface area contributed by atoms with Crippen molar-refractivity contribution in [2.45, 2.75) is 122 Å². The van der Waals surface area contributed by atoms with Gasteiger partial charge < -0.3 is 0 Å². The summed E-state index contributed by atoms with van der Waals surface area (Å²) >= 11 is 0. The van der Waals surface area contributed by atoms with Gasteiger partial charge in [-0.2, -0.15) is 8.42 Å². The molecule has 1 fully saturated rings. The molecule has 0 aromatic heterocycles. The molecular weight excluding hydrogens is 472 g/mol. The number of sulfonamides is 1. The Morgan fingerprint density at radius 3 is 1.64 bits per heavy atom. The Morgan fingerprint density at radius 1 is 0.818 bits per heavy atom. The highest BCUT2D eigenvalue weighted by Gasteiger charge is 2.63. The fourth-order valence-electron chi connectivity index (χ4n) is 6.11. The van der Waals surface area contributed by atoms with Gasteiger partial charge in [0.05, 0.1) is 4.75 Å². The summed E-state index contributed by atoms with van der Waals surface area (Å²) < 4.78 is 93.6. The molecule has 1 aliphatic rings. The highest BCUT2D eigenvalue weighted by Crippen LogP contribution is 2.56. The van der Waals surface area contributed by atoms with Crippen molar-refractivity contribution in [1.82, 2.24) is 4.31 Å². The molecular formula is C23H45F2NO5S2. The number of hydrogen-bond donors (Lipinski definition) is 1. The van der Waals surface area contributed by atoms with Crippen molar-refractivity contribution >= 4 is 20.1 Å². The fraction of sp³-hybridized carbons (Fsp3) is 1.00. The number of nitrogens with zero attached hydrogens (tertiary/aromatic N) is 1. The molecule has 0 radical (unpaired) electrons. The van der Waals surface area contributed by atoms with Gasteiger partial charge in [-0.25, -0.2) is 21.5 Å². The first-order chi connectivity index (χ1) is 15.2. The number of piperidine rings is 1. The van der Waals surface area contributed by atoms with Gasteiger partial charge in [0, 0.05) is 18.5 Å². The van der Waals surface area contributed by atoms with E-state index < -0.39 is 53.8 Å². The second kappa shape index (κ2) is 11.6. The van der Waals surface area contributed by atoms with Crippen molar-refractivity contribution in [2.24, 2.45) is 11.3 Å². The third-order valence-corrected chi connectivity index (χ3v) is 12.7. The van der Waals surface area contributed by atoms with Crippen LogP contribution >= 0.6 is 0 Å². The number of hydrogen-bond acceptors (Lipinski definition) is 4. The van der Waals surface area contributed by atoms with E-state index in [9.17, 15) is 21.4 Å². The molecule has 2 unspecified atom stereocenters. The summed E-state index contributed by atoms with van der Waals surface area (Å²) in [6, 6.07) is 0. The van der Waals surface area contributed by atoms with Crippen LogP contribution in [-0.2, 0) is 20.1 Å². The van der Waals surface area contributed by atoms with Crippen molar-refractivity contribution in [1.29, 1.82) is 0 Å². The average molecular weight is 518 g/mol. The summed E-state index contributed by atoms with van der Waals surface area (Å²) in [4.78, 5) is 0. The molecule has 6 nitrogen and oxygen atoms in total. The third kappa shape index (κ3) is 5.59. The first-order valence-electron chi connectivity index (χ1n) is 12.5. The predicted octanol–water partition coefficient (Wildman–Crippen LogP) is 5.89. The summed E-state index contributed by atoms with van der Waals surface area (Å²) in [5.74, 6) is -4.46. The van der Waals surface area contributed by atoms with E-state index in [4.69, 9.17) is 0 Å². The molecule has 0 aromatic rings. The van der Waals surface area contributed by atoms with Gasteiger partial charge in [-0.1, -0.05) is 54.4 Å². The summed E-state index contributed by atoms with van der Waals surface area (Å²) in [6.45, 7) is 10.8. The zero-order valence-electron chi connectivity index (χ0n) is 21.2. The minimum absolute atomic E-state index is 0.0195. The fourth-order valence-corrected chi connectivity index (χ4v) is 9.57. The van der Waals surface area contributed by atoms with E-state index in [1.165, 1.54) is 11.2 Å². The zero-order valence-corrected chi connectivity index (χ0v) is 22.9. The van der Waals surface area contributed by atoms with E-state index in [1.807, 2.05) is 0 Å². The lowest BCUT2D eigenvalue weighted by Gasteiger charge is -2.50. The summed E-state index contributed by atoms with van der Waals surface area (Å²) in [5, 5.41) is -2.23. The van der Waals surface area contributed by atoms with Crippen LogP contribution < -0.4 is 0 Å². The quantitative estimate of drug-likeness (QED) is 0.290. The molecule has 198 valence electrons. The topological polar surface area (TPSA) is 91.8 Å². The monoisotopic (exact) mass is 517 g/mol. The lowest BCUT2D eigenvalue weighted by Crippen LogP contribution is -2.58. The molecule has 1 heterocycles. The van der Waals surface area contributed by atoms with E-state index >= 15 is 8.78 Å². The molecule has 0 aromatic carbocycles. The van der Waals surface area contributed by atoms with Gasteiger partial charge in [0.2, 0.25) is 10.0 Å². The molecule has 1 rings (SSSR count). The Morgan fingerprint density at radius 2 is 1.30 bits per heavy atom. The molecule has 2 atom stereocenters. The standard InChI is InChI=1S/C23H45F2NO5S2/c1-7-19(22(11-5,12-6)23(24,25)20(8-2)32(27,28)29)18-21(9-3,10-4)33(30,31)26-16-14-13-15-17-26/h19-20H,7-18H2,1-6H3,(H,27,28,29). The van der Waals surface area contributed by atoms with Crippen LogP contribution in [0.25, 0.3) is 0 Å². The van der Waals surface area contributed by atoms with Gasteiger partial charge in [-0.15, -0.1) is 0 Å². The van der Waals surface area contributed by atoms with Crippen LogP contribution in [0.2, 0.25) is 0 Å². The number of rotatable bonds is 14. The van der Waals surface area contributed by atoms with Crippen molar-refractivity contribution < 1.29 is 30.2 Å². The Balaban J connectivity index is 3.62. The SMILES string of the molecule is CCC(CC(CC)(CC)S(=O)(=O)N1CCCCC1)C(CC)(CC)C(F)(F)C(CC)S(=O)(=O)O. The highest BCUT2D eigenvalue weighted by molar-refractivity contribution is 7.90. The molecule has 0 bridgehead atoms. The summed E-state index contributed by atoms with van der Waals surface area (Å²) in [5.41, 5.74) is -1.76. The van der Waals surface area contributed by atoms with Crippen molar-refractivity contribution in [3.8, 4) is 0 Å². The second-order valence-corrected chi connectivity index (χ2v) is 13.5. The van der Waals surface area contributed by atoms with Crippen molar-refractivity contribution in [3.63, 3.8) is 0 Å². The summed E-state index contributed by atoms with van der Waals surface area (Å²) in [6.07, 6.45) is 3.00. The molecule has 0 aliphatic carbocycles. The maximum Gasteiger partial charge on any atom is 0.273 e. The van der Waals surface area contributed by atoms with Gasteiger partial charge in [0.1, 0.15) is 5.25 Å². The minimum atomic E-state index is -4.99. The Bertz CT molecular complexity index is 816. The Hall–Kier alpha value is -0.320. The van der Waals surface area contributed by atoms with Crippen LogP contribution in [0, 0.1) is 11.3 Å². The van der Waals surface area contributed by atoms with Crippen molar-refractivity contribution in [2.75, 3.05) is 13.1 Å². The van der Waals surface area contributed by atoms with Gasteiger partial charge in [0.15, 0.2) is 0 Å². The van der Waals surface area contributed by atoms with Crippen LogP contribution in [-0.4, -0.2) is 54.7 Å². The largest absolute Gasteiger partial charge is 0.285 e. The van der Waals surface area contributed by atoms with Gasteiger partial charge in [0.25, 0.3) is 16.0 Å². The van der Waals surface area contributed by atoms with Gasteiger partial charge in [-0.3, -0.25) is 4.55 Å². The average Bonchev–Trinajstić information content (AvgIpc) is 2.76. The minimum Gasteiger partial charge on any atom is -0.285 e. The lowest BCUT2D eigenvalue weighted by molar-refractivity contribution is -0.162. The van der Waals surface area contributed by atoms with E-state index in [1.54, 1.807) is 34.6 Å². The lowest BCUT2D eigenvalue weighted by atomic mass is 9.62. The van der Waals surface area contributed by atoms with E-state index in [-0.39, 0.29) is 25.7 Å². The molecule has 1 saturated heterocycles. The van der Waals surface area contributed by atoms with Crippen LogP contribution in [0.4, 0.5) is 8.78 Å². The molecule has 33 heavy (non-hydrogen) atoms.